The molecule has 0 aliphatic rings. The topological polar surface area (TPSA) is 50.4 Å². The van der Waals surface area contributed by atoms with Crippen molar-refractivity contribution in [2.75, 3.05) is 0 Å². The van der Waals surface area contributed by atoms with Gasteiger partial charge in [-0.2, -0.15) is 0 Å². The lowest BCUT2D eigenvalue weighted by atomic mass is 9.87. The third-order valence-corrected chi connectivity index (χ3v) is 2.24. The van der Waals surface area contributed by atoms with Gasteiger partial charge in [0.05, 0.1) is 10.9 Å². The Balaban J connectivity index is 2.86. The number of aliphatic carboxylic acids is 1. The van der Waals surface area contributed by atoms with Crippen LogP contribution in [0.15, 0.2) is 21.2 Å². The summed E-state index contributed by atoms with van der Waals surface area (Å²) in [7, 11) is 0. The molecule has 1 heterocycles. The van der Waals surface area contributed by atoms with Gasteiger partial charge < -0.3 is 9.52 Å². The first-order valence-electron chi connectivity index (χ1n) is 3.88. The number of carboxylic acid groups (broad SMARTS) is 1. The van der Waals surface area contributed by atoms with E-state index in [0.717, 1.165) is 4.47 Å². The molecule has 0 aliphatic carbocycles. The van der Waals surface area contributed by atoms with E-state index in [-0.39, 0.29) is 6.42 Å². The van der Waals surface area contributed by atoms with Crippen LogP contribution in [-0.2, 0) is 10.2 Å². The van der Waals surface area contributed by atoms with E-state index >= 15 is 0 Å². The van der Waals surface area contributed by atoms with E-state index in [0.29, 0.717) is 5.76 Å². The minimum Gasteiger partial charge on any atom is -0.481 e. The molecule has 4 heteroatoms. The minimum atomic E-state index is -0.822. The summed E-state index contributed by atoms with van der Waals surface area (Å²) in [6.07, 6.45) is 1.62. The van der Waals surface area contributed by atoms with Crippen molar-refractivity contribution in [2.45, 2.75) is 25.7 Å². The molecule has 0 unspecified atom stereocenters. The maximum atomic E-state index is 10.5. The van der Waals surface area contributed by atoms with E-state index < -0.39 is 11.4 Å². The van der Waals surface area contributed by atoms with Crippen LogP contribution in [0.25, 0.3) is 0 Å². The first-order valence-corrected chi connectivity index (χ1v) is 4.67. The Morgan fingerprint density at radius 1 is 1.69 bits per heavy atom. The van der Waals surface area contributed by atoms with E-state index in [1.54, 1.807) is 12.3 Å². The highest BCUT2D eigenvalue weighted by molar-refractivity contribution is 9.10. The van der Waals surface area contributed by atoms with Gasteiger partial charge in [0.25, 0.3) is 0 Å². The highest BCUT2D eigenvalue weighted by atomic mass is 79.9. The number of furan rings is 1. The van der Waals surface area contributed by atoms with Crippen molar-refractivity contribution in [3.63, 3.8) is 0 Å². The third-order valence-electron chi connectivity index (χ3n) is 1.83. The highest BCUT2D eigenvalue weighted by Gasteiger charge is 2.27. The number of rotatable bonds is 3. The molecule has 0 spiro atoms. The fraction of sp³-hybridized carbons (Fsp3) is 0.444. The van der Waals surface area contributed by atoms with Gasteiger partial charge in [0.2, 0.25) is 0 Å². The molecule has 0 atom stereocenters. The Labute approximate surface area is 84.9 Å². The average Bonchev–Trinajstić information content (AvgIpc) is 2.32. The minimum absolute atomic E-state index is 0.0625. The molecule has 1 aromatic heterocycles. The monoisotopic (exact) mass is 246 g/mol. The third kappa shape index (κ3) is 2.59. The van der Waals surface area contributed by atoms with Crippen molar-refractivity contribution in [1.82, 2.24) is 0 Å². The van der Waals surface area contributed by atoms with Crippen LogP contribution in [0.1, 0.15) is 26.0 Å². The molecule has 0 radical (unpaired) electrons. The summed E-state index contributed by atoms with van der Waals surface area (Å²) in [4.78, 5) is 10.5. The number of halogens is 1. The van der Waals surface area contributed by atoms with Gasteiger partial charge in [-0.15, -0.1) is 0 Å². The zero-order valence-electron chi connectivity index (χ0n) is 7.50. The van der Waals surface area contributed by atoms with Crippen LogP contribution >= 0.6 is 15.9 Å². The molecule has 13 heavy (non-hydrogen) atoms. The molecule has 0 saturated heterocycles. The Morgan fingerprint density at radius 2 is 2.31 bits per heavy atom. The van der Waals surface area contributed by atoms with Crippen LogP contribution in [0, 0.1) is 0 Å². The molecule has 3 nitrogen and oxygen atoms in total. The molecule has 0 aliphatic heterocycles. The van der Waals surface area contributed by atoms with E-state index in [1.165, 1.54) is 0 Å². The largest absolute Gasteiger partial charge is 0.481 e. The van der Waals surface area contributed by atoms with E-state index in [9.17, 15) is 4.79 Å². The van der Waals surface area contributed by atoms with Crippen LogP contribution in [0.2, 0.25) is 0 Å². The molecular weight excluding hydrogens is 236 g/mol. The van der Waals surface area contributed by atoms with Gasteiger partial charge in [-0.3, -0.25) is 4.79 Å². The molecule has 0 fully saturated rings. The Kier molecular flexibility index (Phi) is 2.81. The lowest BCUT2D eigenvalue weighted by Crippen LogP contribution is -2.20. The maximum Gasteiger partial charge on any atom is 0.304 e. The normalized spacial score (nSPS) is 11.6. The van der Waals surface area contributed by atoms with Crippen LogP contribution in [-0.4, -0.2) is 11.1 Å². The Hall–Kier alpha value is -0.770. The SMILES string of the molecule is CC(C)(CC(=O)O)c1cc(Br)co1. The van der Waals surface area contributed by atoms with Crippen molar-refractivity contribution in [1.29, 1.82) is 0 Å². The van der Waals surface area contributed by atoms with E-state index in [1.807, 2.05) is 13.8 Å². The van der Waals surface area contributed by atoms with Crippen molar-refractivity contribution in [3.05, 3.63) is 22.6 Å². The van der Waals surface area contributed by atoms with Gasteiger partial charge in [0, 0.05) is 5.41 Å². The van der Waals surface area contributed by atoms with Crippen LogP contribution in [0.3, 0.4) is 0 Å². The van der Waals surface area contributed by atoms with Crippen LogP contribution in [0.5, 0.6) is 0 Å². The van der Waals surface area contributed by atoms with Gasteiger partial charge in [0.15, 0.2) is 0 Å². The fourth-order valence-electron chi connectivity index (χ4n) is 1.13. The average molecular weight is 247 g/mol. The fourth-order valence-corrected chi connectivity index (χ4v) is 1.43. The summed E-state index contributed by atoms with van der Waals surface area (Å²) in [5, 5.41) is 8.66. The molecule has 1 aromatic rings. The Bertz CT molecular complexity index is 314. The predicted octanol–water partition coefficient (Wildman–Crippen LogP) is 2.79. The maximum absolute atomic E-state index is 10.5. The summed E-state index contributed by atoms with van der Waals surface area (Å²) < 4.78 is 6.05. The quantitative estimate of drug-likeness (QED) is 0.893. The van der Waals surface area contributed by atoms with Crippen molar-refractivity contribution in [3.8, 4) is 0 Å². The molecule has 0 aromatic carbocycles. The number of carboxylic acids is 1. The summed E-state index contributed by atoms with van der Waals surface area (Å²) >= 11 is 3.25. The number of hydrogen-bond acceptors (Lipinski definition) is 2. The van der Waals surface area contributed by atoms with Gasteiger partial charge in [-0.1, -0.05) is 13.8 Å². The van der Waals surface area contributed by atoms with Gasteiger partial charge in [-0.05, 0) is 22.0 Å². The van der Waals surface area contributed by atoms with E-state index in [4.69, 9.17) is 9.52 Å². The molecular formula is C9H11BrO3. The second kappa shape index (κ2) is 3.54. The van der Waals surface area contributed by atoms with Crippen molar-refractivity contribution < 1.29 is 14.3 Å². The van der Waals surface area contributed by atoms with Crippen molar-refractivity contribution >= 4 is 21.9 Å². The zero-order chi connectivity index (χ0) is 10.1. The molecule has 0 saturated carbocycles. The van der Waals surface area contributed by atoms with Gasteiger partial charge >= 0.3 is 5.97 Å². The highest BCUT2D eigenvalue weighted by Crippen LogP contribution is 2.30. The summed E-state index contributed by atoms with van der Waals surface area (Å²) in [5.41, 5.74) is -0.460. The van der Waals surface area contributed by atoms with Crippen LogP contribution in [0.4, 0.5) is 0 Å². The molecule has 0 amide bonds. The summed E-state index contributed by atoms with van der Waals surface area (Å²) in [5.74, 6) is -0.140. The predicted molar refractivity (Wildman–Crippen MR) is 51.7 cm³/mol. The van der Waals surface area contributed by atoms with Crippen LogP contribution < -0.4 is 0 Å². The first kappa shape index (κ1) is 10.3. The molecule has 72 valence electrons. The van der Waals surface area contributed by atoms with Gasteiger partial charge in [-0.25, -0.2) is 0 Å². The molecule has 1 rings (SSSR count). The second-order valence-electron chi connectivity index (χ2n) is 3.58. The molecule has 0 bridgehead atoms. The van der Waals surface area contributed by atoms with Gasteiger partial charge in [0.1, 0.15) is 12.0 Å². The zero-order valence-corrected chi connectivity index (χ0v) is 9.09. The van der Waals surface area contributed by atoms with E-state index in [2.05, 4.69) is 15.9 Å². The summed E-state index contributed by atoms with van der Waals surface area (Å²) in [6.45, 7) is 3.68. The van der Waals surface area contributed by atoms with Crippen molar-refractivity contribution in [2.24, 2.45) is 0 Å². The molecule has 1 N–H and O–H groups in total. The smallest absolute Gasteiger partial charge is 0.304 e. The lowest BCUT2D eigenvalue weighted by Gasteiger charge is -2.18. The first-order chi connectivity index (χ1) is 5.92. The lowest BCUT2D eigenvalue weighted by molar-refractivity contribution is -0.138. The standard InChI is InChI=1S/C9H11BrO3/c1-9(2,4-8(11)12)7-3-6(10)5-13-7/h3,5H,4H2,1-2H3,(H,11,12). The Morgan fingerprint density at radius 3 is 2.69 bits per heavy atom. The number of carbonyl (C=O) groups is 1. The number of hydrogen-bond donors (Lipinski definition) is 1. The summed E-state index contributed by atoms with van der Waals surface area (Å²) in [6, 6.07) is 1.79. The second-order valence-corrected chi connectivity index (χ2v) is 4.50.